The van der Waals surface area contributed by atoms with Gasteiger partial charge < -0.3 is 0 Å². The second-order valence-corrected chi connectivity index (χ2v) is 7.19. The Hall–Kier alpha value is -2.47. The fourth-order valence-electron chi connectivity index (χ4n) is 2.24. The van der Waals surface area contributed by atoms with Crippen LogP contribution in [0.5, 0.6) is 0 Å². The van der Waals surface area contributed by atoms with Crippen molar-refractivity contribution in [1.82, 2.24) is 4.98 Å². The monoisotopic (exact) mass is 467 g/mol. The average Bonchev–Trinajstić information content (AvgIpc) is 2.67. The van der Waals surface area contributed by atoms with Crippen LogP contribution in [-0.2, 0) is 6.42 Å². The summed E-state index contributed by atoms with van der Waals surface area (Å²) in [6, 6.07) is 23.7. The number of halogens is 2. The first-order valence-corrected chi connectivity index (χ1v) is 9.39. The molecule has 1 unspecified atom stereocenters. The number of hydrogen-bond acceptors (Lipinski definition) is 3. The highest BCUT2D eigenvalue weighted by Crippen LogP contribution is 2.24. The van der Waals surface area contributed by atoms with Crippen LogP contribution in [0.25, 0.3) is 0 Å². The molecule has 26 heavy (non-hydrogen) atoms. The van der Waals surface area contributed by atoms with E-state index >= 15 is 0 Å². The van der Waals surface area contributed by atoms with Crippen LogP contribution in [0.2, 0.25) is 0 Å². The number of rotatable bonds is 3. The first-order chi connectivity index (χ1) is 12.6. The van der Waals surface area contributed by atoms with E-state index in [9.17, 15) is 5.26 Å². The van der Waals surface area contributed by atoms with Crippen LogP contribution in [-0.4, -0.2) is 4.98 Å². The lowest BCUT2D eigenvalue weighted by Gasteiger charge is -2.08. The van der Waals surface area contributed by atoms with Crippen LogP contribution in [0.1, 0.15) is 22.6 Å². The Morgan fingerprint density at radius 1 is 0.846 bits per heavy atom. The van der Waals surface area contributed by atoms with Gasteiger partial charge in [-0.1, -0.05) is 62.2 Å². The summed E-state index contributed by atoms with van der Waals surface area (Å²) in [6.07, 6.45) is 3.93. The maximum atomic E-state index is 9.21. The molecule has 128 valence electrons. The van der Waals surface area contributed by atoms with Gasteiger partial charge in [0.15, 0.2) is 0 Å². The molecule has 2 aromatic carbocycles. The van der Waals surface area contributed by atoms with Crippen molar-refractivity contribution in [3.8, 4) is 12.1 Å². The third kappa shape index (κ3) is 6.11. The number of aromatic nitrogens is 1. The number of benzene rings is 2. The molecule has 0 saturated heterocycles. The van der Waals surface area contributed by atoms with E-state index in [1.165, 1.54) is 0 Å². The van der Waals surface area contributed by atoms with Gasteiger partial charge in [0, 0.05) is 21.3 Å². The van der Waals surface area contributed by atoms with Crippen molar-refractivity contribution in [2.24, 2.45) is 0 Å². The zero-order valence-electron chi connectivity index (χ0n) is 13.8. The molecule has 0 aliphatic heterocycles. The molecular weight excluding hydrogens is 454 g/mol. The summed E-state index contributed by atoms with van der Waals surface area (Å²) >= 11 is 6.69. The maximum Gasteiger partial charge on any atom is 0.0977 e. The molecule has 3 rings (SSSR count). The van der Waals surface area contributed by atoms with E-state index in [-0.39, 0.29) is 5.92 Å². The molecule has 0 aliphatic carbocycles. The molecule has 0 saturated carbocycles. The van der Waals surface area contributed by atoms with E-state index in [1.54, 1.807) is 12.4 Å². The molecular formula is C21H15Br2N3. The van der Waals surface area contributed by atoms with Gasteiger partial charge in [-0.3, -0.25) is 4.98 Å². The zero-order chi connectivity index (χ0) is 18.8. The molecule has 3 aromatic rings. The lowest BCUT2D eigenvalue weighted by Crippen LogP contribution is -1.98. The minimum atomic E-state index is -0.248. The summed E-state index contributed by atoms with van der Waals surface area (Å²) in [5.74, 6) is -0.248. The SMILES string of the molecule is N#CC(c1ccc(Br)cc1)c1cccnc1.N#CCc1ccc(Br)cc1. The molecule has 3 nitrogen and oxygen atoms in total. The van der Waals surface area contributed by atoms with Crippen molar-refractivity contribution in [2.45, 2.75) is 12.3 Å². The van der Waals surface area contributed by atoms with E-state index in [1.807, 2.05) is 60.7 Å². The zero-order valence-corrected chi connectivity index (χ0v) is 17.0. The predicted octanol–water partition coefficient (Wildman–Crippen LogP) is 6.01. The molecule has 1 atom stereocenters. The Balaban J connectivity index is 0.000000209. The smallest absolute Gasteiger partial charge is 0.0977 e. The number of nitriles is 2. The highest BCUT2D eigenvalue weighted by Gasteiger charge is 2.12. The first-order valence-electron chi connectivity index (χ1n) is 7.80. The van der Waals surface area contributed by atoms with E-state index in [0.29, 0.717) is 6.42 Å². The highest BCUT2D eigenvalue weighted by atomic mass is 79.9. The molecule has 1 aromatic heterocycles. The molecule has 1 heterocycles. The van der Waals surface area contributed by atoms with Gasteiger partial charge >= 0.3 is 0 Å². The Kier molecular flexibility index (Phi) is 8.02. The molecule has 0 amide bonds. The summed E-state index contributed by atoms with van der Waals surface area (Å²) in [4.78, 5) is 4.04. The van der Waals surface area contributed by atoms with Gasteiger partial charge in [-0.15, -0.1) is 0 Å². The standard InChI is InChI=1S/C13H9BrN2.C8H6BrN/c14-12-5-3-10(4-6-12)13(8-15)11-2-1-7-16-9-11;9-8-3-1-7(2-4-8)5-6-10/h1-7,9,13H;1-4H,5H2. The third-order valence-corrected chi connectivity index (χ3v) is 4.60. The van der Waals surface area contributed by atoms with E-state index < -0.39 is 0 Å². The quantitative estimate of drug-likeness (QED) is 0.472. The summed E-state index contributed by atoms with van der Waals surface area (Å²) in [5, 5.41) is 17.5. The number of hydrogen-bond donors (Lipinski definition) is 0. The van der Waals surface area contributed by atoms with Crippen molar-refractivity contribution in [3.05, 3.63) is 98.7 Å². The van der Waals surface area contributed by atoms with E-state index in [4.69, 9.17) is 5.26 Å². The summed E-state index contributed by atoms with van der Waals surface area (Å²) < 4.78 is 2.06. The van der Waals surface area contributed by atoms with Gasteiger partial charge in [-0.05, 0) is 47.0 Å². The van der Waals surface area contributed by atoms with Crippen LogP contribution in [0.15, 0.2) is 82.0 Å². The third-order valence-electron chi connectivity index (χ3n) is 3.55. The van der Waals surface area contributed by atoms with Gasteiger partial charge in [0.2, 0.25) is 0 Å². The summed E-state index contributed by atoms with van der Waals surface area (Å²) in [7, 11) is 0. The van der Waals surface area contributed by atoms with Gasteiger partial charge in [0.1, 0.15) is 0 Å². The number of pyridine rings is 1. The topological polar surface area (TPSA) is 60.5 Å². The first kappa shape index (κ1) is 19.8. The van der Waals surface area contributed by atoms with E-state index in [2.05, 4.69) is 49.0 Å². The average molecular weight is 469 g/mol. The Morgan fingerprint density at radius 3 is 1.96 bits per heavy atom. The van der Waals surface area contributed by atoms with Crippen LogP contribution in [0.3, 0.4) is 0 Å². The Labute approximate surface area is 170 Å². The Morgan fingerprint density at radius 2 is 1.46 bits per heavy atom. The van der Waals surface area contributed by atoms with Crippen LogP contribution in [0.4, 0.5) is 0 Å². The molecule has 0 N–H and O–H groups in total. The Bertz CT molecular complexity index is 893. The van der Waals surface area contributed by atoms with Crippen molar-refractivity contribution in [1.29, 1.82) is 10.5 Å². The molecule has 0 spiro atoms. The minimum Gasteiger partial charge on any atom is -0.264 e. The van der Waals surface area contributed by atoms with Crippen LogP contribution >= 0.6 is 31.9 Å². The normalized spacial score (nSPS) is 10.6. The largest absolute Gasteiger partial charge is 0.264 e. The van der Waals surface area contributed by atoms with E-state index in [0.717, 1.165) is 25.6 Å². The van der Waals surface area contributed by atoms with Gasteiger partial charge in [0.25, 0.3) is 0 Å². The molecule has 0 bridgehead atoms. The van der Waals surface area contributed by atoms with Crippen molar-refractivity contribution in [2.75, 3.05) is 0 Å². The van der Waals surface area contributed by atoms with Crippen molar-refractivity contribution < 1.29 is 0 Å². The lowest BCUT2D eigenvalue weighted by molar-refractivity contribution is 1.02. The maximum absolute atomic E-state index is 9.21. The van der Waals surface area contributed by atoms with Gasteiger partial charge in [-0.2, -0.15) is 10.5 Å². The molecule has 0 aliphatic rings. The summed E-state index contributed by atoms with van der Waals surface area (Å²) in [5.41, 5.74) is 2.97. The second-order valence-electron chi connectivity index (χ2n) is 5.36. The molecule has 0 fully saturated rings. The fourth-order valence-corrected chi connectivity index (χ4v) is 2.77. The second kappa shape index (κ2) is 10.5. The van der Waals surface area contributed by atoms with Crippen molar-refractivity contribution >= 4 is 31.9 Å². The predicted molar refractivity (Wildman–Crippen MR) is 109 cm³/mol. The van der Waals surface area contributed by atoms with Crippen LogP contribution in [0, 0.1) is 22.7 Å². The van der Waals surface area contributed by atoms with Crippen LogP contribution < -0.4 is 0 Å². The van der Waals surface area contributed by atoms with Gasteiger partial charge in [-0.25, -0.2) is 0 Å². The van der Waals surface area contributed by atoms with Crippen molar-refractivity contribution in [3.63, 3.8) is 0 Å². The fraction of sp³-hybridized carbons (Fsp3) is 0.0952. The highest BCUT2D eigenvalue weighted by molar-refractivity contribution is 9.10. The minimum absolute atomic E-state index is 0.248. The molecule has 0 radical (unpaired) electrons. The lowest BCUT2D eigenvalue weighted by atomic mass is 9.94. The summed E-state index contributed by atoms with van der Waals surface area (Å²) in [6.45, 7) is 0. The van der Waals surface area contributed by atoms with Gasteiger partial charge in [0.05, 0.1) is 24.5 Å². The number of nitrogens with zero attached hydrogens (tertiary/aromatic N) is 3. The molecule has 5 heteroatoms.